The molecule has 19 heavy (non-hydrogen) atoms. The van der Waals surface area contributed by atoms with Gasteiger partial charge in [-0.2, -0.15) is 5.26 Å². The topological polar surface area (TPSA) is 80.0 Å². The van der Waals surface area contributed by atoms with Crippen LogP contribution in [-0.2, 0) is 9.84 Å². The molecule has 2 aromatic rings. The number of hydrogen-bond donors (Lipinski definition) is 0. The van der Waals surface area contributed by atoms with Crippen molar-refractivity contribution in [3.05, 3.63) is 48.2 Å². The van der Waals surface area contributed by atoms with Gasteiger partial charge in [0.1, 0.15) is 5.75 Å². The van der Waals surface area contributed by atoms with Gasteiger partial charge >= 0.3 is 0 Å². The summed E-state index contributed by atoms with van der Waals surface area (Å²) in [7, 11) is -3.26. The van der Waals surface area contributed by atoms with E-state index in [0.717, 1.165) is 6.26 Å². The third-order valence-electron chi connectivity index (χ3n) is 2.32. The van der Waals surface area contributed by atoms with Crippen molar-refractivity contribution in [2.75, 3.05) is 6.26 Å². The van der Waals surface area contributed by atoms with E-state index in [1.165, 1.54) is 18.3 Å². The molecule has 0 radical (unpaired) electrons. The number of benzene rings is 1. The second kappa shape index (κ2) is 5.08. The number of rotatable bonds is 3. The monoisotopic (exact) mass is 274 g/mol. The van der Waals surface area contributed by atoms with Gasteiger partial charge in [-0.05, 0) is 24.3 Å². The smallest absolute Gasteiger partial charge is 0.219 e. The van der Waals surface area contributed by atoms with Crippen LogP contribution in [0.1, 0.15) is 5.56 Å². The highest BCUT2D eigenvalue weighted by Gasteiger charge is 2.08. The van der Waals surface area contributed by atoms with Crippen molar-refractivity contribution in [1.29, 1.82) is 5.26 Å². The molecular formula is C13H10N2O3S. The van der Waals surface area contributed by atoms with Crippen molar-refractivity contribution in [3.63, 3.8) is 0 Å². The quantitative estimate of drug-likeness (QED) is 0.856. The Hall–Kier alpha value is -2.39. The summed E-state index contributed by atoms with van der Waals surface area (Å²) < 4.78 is 28.0. The van der Waals surface area contributed by atoms with Crippen LogP contribution >= 0.6 is 0 Å². The zero-order valence-corrected chi connectivity index (χ0v) is 10.9. The fraction of sp³-hybridized carbons (Fsp3) is 0.0769. The average Bonchev–Trinajstić information content (AvgIpc) is 2.38. The number of nitrogens with zero attached hydrogens (tertiary/aromatic N) is 2. The van der Waals surface area contributed by atoms with Gasteiger partial charge in [-0.15, -0.1) is 0 Å². The van der Waals surface area contributed by atoms with E-state index >= 15 is 0 Å². The van der Waals surface area contributed by atoms with E-state index in [2.05, 4.69) is 4.98 Å². The van der Waals surface area contributed by atoms with Crippen LogP contribution in [0.25, 0.3) is 0 Å². The van der Waals surface area contributed by atoms with Crippen molar-refractivity contribution < 1.29 is 13.2 Å². The van der Waals surface area contributed by atoms with E-state index in [4.69, 9.17) is 10.00 Å². The average molecular weight is 274 g/mol. The molecule has 0 aliphatic rings. The first-order valence-electron chi connectivity index (χ1n) is 5.33. The van der Waals surface area contributed by atoms with Crippen LogP contribution in [0.3, 0.4) is 0 Å². The molecule has 0 saturated heterocycles. The predicted molar refractivity (Wildman–Crippen MR) is 68.6 cm³/mol. The minimum absolute atomic E-state index is 0.130. The summed E-state index contributed by atoms with van der Waals surface area (Å²) in [6.45, 7) is 0. The number of hydrogen-bond acceptors (Lipinski definition) is 5. The van der Waals surface area contributed by atoms with E-state index in [1.807, 2.05) is 6.07 Å². The molecule has 1 heterocycles. The number of ether oxygens (including phenoxy) is 1. The van der Waals surface area contributed by atoms with Gasteiger partial charge in [0.15, 0.2) is 9.84 Å². The van der Waals surface area contributed by atoms with Gasteiger partial charge in [-0.3, -0.25) is 0 Å². The number of sulfone groups is 1. The standard InChI is InChI=1S/C13H10N2O3S/c1-19(16,17)12-5-6-13(15-9-12)18-11-4-2-3-10(7-11)8-14/h2-7,9H,1H3. The first-order valence-corrected chi connectivity index (χ1v) is 7.22. The highest BCUT2D eigenvalue weighted by atomic mass is 32.2. The van der Waals surface area contributed by atoms with Crippen molar-refractivity contribution >= 4 is 9.84 Å². The molecule has 1 aromatic carbocycles. The highest BCUT2D eigenvalue weighted by molar-refractivity contribution is 7.90. The second-order valence-electron chi connectivity index (χ2n) is 3.85. The maximum Gasteiger partial charge on any atom is 0.219 e. The number of aromatic nitrogens is 1. The van der Waals surface area contributed by atoms with Gasteiger partial charge in [-0.25, -0.2) is 13.4 Å². The molecule has 6 heteroatoms. The van der Waals surface area contributed by atoms with Crippen molar-refractivity contribution in [2.24, 2.45) is 0 Å². The molecule has 0 aliphatic carbocycles. The second-order valence-corrected chi connectivity index (χ2v) is 5.86. The molecule has 1 aromatic heterocycles. The summed E-state index contributed by atoms with van der Waals surface area (Å²) in [5, 5.41) is 8.77. The SMILES string of the molecule is CS(=O)(=O)c1ccc(Oc2cccc(C#N)c2)nc1. The maximum absolute atomic E-state index is 11.3. The molecule has 0 amide bonds. The highest BCUT2D eigenvalue weighted by Crippen LogP contribution is 2.21. The molecule has 96 valence electrons. The summed E-state index contributed by atoms with van der Waals surface area (Å²) in [6, 6.07) is 11.5. The summed E-state index contributed by atoms with van der Waals surface area (Å²) >= 11 is 0. The fourth-order valence-electron chi connectivity index (χ4n) is 1.40. The summed E-state index contributed by atoms with van der Waals surface area (Å²) in [5.74, 6) is 0.737. The lowest BCUT2D eigenvalue weighted by Crippen LogP contribution is -1.98. The molecule has 0 aliphatic heterocycles. The van der Waals surface area contributed by atoms with E-state index < -0.39 is 9.84 Å². The molecule has 0 saturated carbocycles. The minimum Gasteiger partial charge on any atom is -0.439 e. The third kappa shape index (κ3) is 3.30. The summed E-state index contributed by atoms with van der Waals surface area (Å²) in [4.78, 5) is 4.04. The van der Waals surface area contributed by atoms with Crippen molar-refractivity contribution in [3.8, 4) is 17.7 Å². The Morgan fingerprint density at radius 1 is 1.26 bits per heavy atom. The van der Waals surface area contributed by atoms with Crippen LogP contribution < -0.4 is 4.74 Å². The zero-order chi connectivity index (χ0) is 13.9. The Labute approximate surface area is 111 Å². The fourth-order valence-corrected chi connectivity index (χ4v) is 1.96. The Balaban J connectivity index is 2.22. The first kappa shape index (κ1) is 13.1. The Bertz CT molecular complexity index is 731. The van der Waals surface area contributed by atoms with Crippen molar-refractivity contribution in [2.45, 2.75) is 4.90 Å². The minimum atomic E-state index is -3.26. The third-order valence-corrected chi connectivity index (χ3v) is 3.42. The van der Waals surface area contributed by atoms with Gasteiger partial charge in [0, 0.05) is 18.5 Å². The largest absolute Gasteiger partial charge is 0.439 e. The van der Waals surface area contributed by atoms with Gasteiger partial charge < -0.3 is 4.74 Å². The van der Waals surface area contributed by atoms with Gasteiger partial charge in [0.2, 0.25) is 5.88 Å². The summed E-state index contributed by atoms with van der Waals surface area (Å²) in [6.07, 6.45) is 2.35. The van der Waals surface area contributed by atoms with Crippen LogP contribution in [-0.4, -0.2) is 19.7 Å². The molecule has 0 N–H and O–H groups in total. The first-order chi connectivity index (χ1) is 8.99. The van der Waals surface area contributed by atoms with Crippen LogP contribution in [0.15, 0.2) is 47.5 Å². The van der Waals surface area contributed by atoms with Gasteiger partial charge in [0.05, 0.1) is 16.5 Å². The zero-order valence-electron chi connectivity index (χ0n) is 10.1. The van der Waals surface area contributed by atoms with Gasteiger partial charge in [-0.1, -0.05) is 6.07 Å². The maximum atomic E-state index is 11.3. The lowest BCUT2D eigenvalue weighted by Gasteiger charge is -2.05. The van der Waals surface area contributed by atoms with Gasteiger partial charge in [0.25, 0.3) is 0 Å². The van der Waals surface area contributed by atoms with E-state index in [0.29, 0.717) is 11.3 Å². The van der Waals surface area contributed by atoms with Crippen LogP contribution in [0, 0.1) is 11.3 Å². The van der Waals surface area contributed by atoms with Crippen LogP contribution in [0.2, 0.25) is 0 Å². The van der Waals surface area contributed by atoms with E-state index in [-0.39, 0.29) is 10.8 Å². The Morgan fingerprint density at radius 2 is 2.05 bits per heavy atom. The normalized spacial score (nSPS) is 10.7. The molecule has 0 bridgehead atoms. The van der Waals surface area contributed by atoms with Crippen LogP contribution in [0.5, 0.6) is 11.6 Å². The lowest BCUT2D eigenvalue weighted by atomic mass is 10.2. The number of nitriles is 1. The van der Waals surface area contributed by atoms with Crippen molar-refractivity contribution in [1.82, 2.24) is 4.98 Å². The Morgan fingerprint density at radius 3 is 2.63 bits per heavy atom. The molecular weight excluding hydrogens is 264 g/mol. The van der Waals surface area contributed by atoms with E-state index in [9.17, 15) is 8.42 Å². The van der Waals surface area contributed by atoms with Crippen LogP contribution in [0.4, 0.5) is 0 Å². The molecule has 0 atom stereocenters. The lowest BCUT2D eigenvalue weighted by molar-refractivity contribution is 0.462. The molecule has 0 unspecified atom stereocenters. The molecule has 0 spiro atoms. The molecule has 0 fully saturated rings. The predicted octanol–water partition coefficient (Wildman–Crippen LogP) is 2.15. The summed E-state index contributed by atoms with van der Waals surface area (Å²) in [5.41, 5.74) is 0.477. The Kier molecular flexibility index (Phi) is 3.49. The molecule has 5 nitrogen and oxygen atoms in total. The number of pyridine rings is 1. The van der Waals surface area contributed by atoms with E-state index in [1.54, 1.807) is 24.3 Å². The molecule has 2 rings (SSSR count).